The van der Waals surface area contributed by atoms with Gasteiger partial charge >= 0.3 is 0 Å². The zero-order chi connectivity index (χ0) is 11.4. The molecule has 0 aliphatic carbocycles. The number of aromatic nitrogens is 1. The summed E-state index contributed by atoms with van der Waals surface area (Å²) < 4.78 is 0. The largest absolute Gasteiger partial charge is 0.324 e. The molecule has 0 saturated heterocycles. The van der Waals surface area contributed by atoms with E-state index in [0.29, 0.717) is 0 Å². The molecule has 2 N–H and O–H groups in total. The van der Waals surface area contributed by atoms with E-state index in [9.17, 15) is 0 Å². The second-order valence-corrected chi connectivity index (χ2v) is 4.81. The highest BCUT2D eigenvalue weighted by Gasteiger charge is 2.08. The van der Waals surface area contributed by atoms with E-state index in [1.807, 2.05) is 11.6 Å². The fourth-order valence-corrected chi connectivity index (χ4v) is 2.34. The highest BCUT2D eigenvalue weighted by atomic mass is 32.1. The number of aryl methyl sites for hydroxylation is 1. The summed E-state index contributed by atoms with van der Waals surface area (Å²) in [7, 11) is 0. The van der Waals surface area contributed by atoms with E-state index in [1.54, 1.807) is 11.3 Å². The summed E-state index contributed by atoms with van der Waals surface area (Å²) in [6.45, 7) is 2.16. The summed E-state index contributed by atoms with van der Waals surface area (Å²) in [5.74, 6) is 0. The number of nitrogens with two attached hydrogens (primary N) is 1. The summed E-state index contributed by atoms with van der Waals surface area (Å²) in [6.07, 6.45) is 3.72. The highest BCUT2D eigenvalue weighted by molar-refractivity contribution is 7.09. The van der Waals surface area contributed by atoms with Crippen LogP contribution in [0, 0.1) is 0 Å². The molecule has 1 unspecified atom stereocenters. The van der Waals surface area contributed by atoms with Gasteiger partial charge in [0.25, 0.3) is 0 Å². The van der Waals surface area contributed by atoms with Crippen molar-refractivity contribution in [3.8, 4) is 0 Å². The van der Waals surface area contributed by atoms with Gasteiger partial charge in [0.15, 0.2) is 0 Å². The number of hydrogen-bond acceptors (Lipinski definition) is 3. The molecular formula is C13H16N2S. The molecule has 0 saturated carbocycles. The van der Waals surface area contributed by atoms with Gasteiger partial charge in [0.2, 0.25) is 0 Å². The molecule has 0 spiro atoms. The maximum absolute atomic E-state index is 6.14. The van der Waals surface area contributed by atoms with Gasteiger partial charge in [0, 0.05) is 24.0 Å². The van der Waals surface area contributed by atoms with Crippen molar-refractivity contribution >= 4 is 11.3 Å². The van der Waals surface area contributed by atoms with Crippen LogP contribution in [0.3, 0.4) is 0 Å². The summed E-state index contributed by atoms with van der Waals surface area (Å²) in [6, 6.07) is 8.60. The lowest BCUT2D eigenvalue weighted by molar-refractivity contribution is 0.717. The fraction of sp³-hybridized carbons (Fsp3) is 0.308. The van der Waals surface area contributed by atoms with Crippen molar-refractivity contribution in [3.05, 3.63) is 52.0 Å². The molecule has 84 valence electrons. The fourth-order valence-electron chi connectivity index (χ4n) is 1.66. The first-order valence-electron chi connectivity index (χ1n) is 5.52. The molecule has 2 aromatic rings. The van der Waals surface area contributed by atoms with Crippen molar-refractivity contribution in [3.63, 3.8) is 0 Å². The Hall–Kier alpha value is -1.19. The van der Waals surface area contributed by atoms with Crippen LogP contribution < -0.4 is 5.73 Å². The Morgan fingerprint density at radius 2 is 2.06 bits per heavy atom. The third-order valence-corrected chi connectivity index (χ3v) is 3.50. The van der Waals surface area contributed by atoms with Crippen LogP contribution in [0.25, 0.3) is 0 Å². The Balaban J connectivity index is 2.05. The standard InChI is InChI=1S/C13H16N2S/c1-2-10-3-5-11(6-4-10)12(14)9-13-15-7-8-16-13/h3-8,12H,2,9,14H2,1H3. The van der Waals surface area contributed by atoms with Crippen LogP contribution in [0.2, 0.25) is 0 Å². The van der Waals surface area contributed by atoms with Gasteiger partial charge in [0.05, 0.1) is 5.01 Å². The van der Waals surface area contributed by atoms with Gasteiger partial charge in [-0.1, -0.05) is 31.2 Å². The van der Waals surface area contributed by atoms with Crippen molar-refractivity contribution in [2.24, 2.45) is 5.73 Å². The molecule has 1 atom stereocenters. The Bertz CT molecular complexity index is 420. The van der Waals surface area contributed by atoms with E-state index >= 15 is 0 Å². The van der Waals surface area contributed by atoms with Gasteiger partial charge in [-0.15, -0.1) is 11.3 Å². The maximum Gasteiger partial charge on any atom is 0.0943 e. The minimum atomic E-state index is 0.0528. The lowest BCUT2D eigenvalue weighted by atomic mass is 10.0. The number of thiazole rings is 1. The smallest absolute Gasteiger partial charge is 0.0943 e. The van der Waals surface area contributed by atoms with Crippen LogP contribution in [-0.2, 0) is 12.8 Å². The summed E-state index contributed by atoms with van der Waals surface area (Å²) >= 11 is 1.66. The van der Waals surface area contributed by atoms with Crippen LogP contribution >= 0.6 is 11.3 Å². The molecule has 1 heterocycles. The van der Waals surface area contributed by atoms with Gasteiger partial charge in [-0.2, -0.15) is 0 Å². The number of benzene rings is 1. The van der Waals surface area contributed by atoms with Crippen molar-refractivity contribution in [1.29, 1.82) is 0 Å². The summed E-state index contributed by atoms with van der Waals surface area (Å²) in [4.78, 5) is 4.25. The molecule has 0 aliphatic rings. The molecule has 0 radical (unpaired) electrons. The number of hydrogen-bond donors (Lipinski definition) is 1. The molecule has 2 nitrogen and oxygen atoms in total. The summed E-state index contributed by atoms with van der Waals surface area (Å²) in [5.41, 5.74) is 8.68. The number of rotatable bonds is 4. The first-order valence-corrected chi connectivity index (χ1v) is 6.40. The van der Waals surface area contributed by atoms with Crippen LogP contribution in [-0.4, -0.2) is 4.98 Å². The van der Waals surface area contributed by atoms with Gasteiger partial charge in [-0.3, -0.25) is 0 Å². The number of nitrogens with zero attached hydrogens (tertiary/aromatic N) is 1. The molecule has 0 bridgehead atoms. The predicted octanol–water partition coefficient (Wildman–Crippen LogP) is 2.95. The first kappa shape index (κ1) is 11.3. The monoisotopic (exact) mass is 232 g/mol. The van der Waals surface area contributed by atoms with Gasteiger partial charge in [-0.25, -0.2) is 4.98 Å². The second-order valence-electron chi connectivity index (χ2n) is 3.83. The van der Waals surface area contributed by atoms with Gasteiger partial charge in [0.1, 0.15) is 0 Å². The normalized spacial score (nSPS) is 12.6. The van der Waals surface area contributed by atoms with Crippen LogP contribution in [0.5, 0.6) is 0 Å². The van der Waals surface area contributed by atoms with Gasteiger partial charge in [-0.05, 0) is 17.5 Å². The lowest BCUT2D eigenvalue weighted by Crippen LogP contribution is -2.13. The van der Waals surface area contributed by atoms with E-state index in [-0.39, 0.29) is 6.04 Å². The zero-order valence-corrected chi connectivity index (χ0v) is 10.2. The van der Waals surface area contributed by atoms with E-state index in [0.717, 1.165) is 17.8 Å². The van der Waals surface area contributed by atoms with Crippen molar-refractivity contribution < 1.29 is 0 Å². The molecule has 16 heavy (non-hydrogen) atoms. The topological polar surface area (TPSA) is 38.9 Å². The van der Waals surface area contributed by atoms with Crippen molar-refractivity contribution in [2.45, 2.75) is 25.8 Å². The van der Waals surface area contributed by atoms with Crippen LogP contribution in [0.1, 0.15) is 29.1 Å². The van der Waals surface area contributed by atoms with Crippen molar-refractivity contribution in [1.82, 2.24) is 4.98 Å². The highest BCUT2D eigenvalue weighted by Crippen LogP contribution is 2.18. The SMILES string of the molecule is CCc1ccc(C(N)Cc2nccs2)cc1. The Morgan fingerprint density at radius 3 is 2.62 bits per heavy atom. The van der Waals surface area contributed by atoms with Crippen molar-refractivity contribution in [2.75, 3.05) is 0 Å². The third kappa shape index (κ3) is 2.68. The van der Waals surface area contributed by atoms with Gasteiger partial charge < -0.3 is 5.73 Å². The van der Waals surface area contributed by atoms with Crippen LogP contribution in [0.15, 0.2) is 35.8 Å². The minimum absolute atomic E-state index is 0.0528. The second kappa shape index (κ2) is 5.23. The summed E-state index contributed by atoms with van der Waals surface area (Å²) in [5, 5.41) is 3.09. The van der Waals surface area contributed by atoms with E-state index in [1.165, 1.54) is 11.1 Å². The molecule has 0 aliphatic heterocycles. The molecule has 3 heteroatoms. The third-order valence-electron chi connectivity index (χ3n) is 2.69. The Labute approximate surface area is 100 Å². The molecule has 0 amide bonds. The molecule has 2 rings (SSSR count). The van der Waals surface area contributed by atoms with E-state index < -0.39 is 0 Å². The lowest BCUT2D eigenvalue weighted by Gasteiger charge is -2.10. The maximum atomic E-state index is 6.14. The average Bonchev–Trinajstić information content (AvgIpc) is 2.82. The first-order chi connectivity index (χ1) is 7.79. The molecular weight excluding hydrogens is 216 g/mol. The molecule has 1 aromatic carbocycles. The molecule has 1 aromatic heterocycles. The zero-order valence-electron chi connectivity index (χ0n) is 9.39. The van der Waals surface area contributed by atoms with E-state index in [4.69, 9.17) is 5.73 Å². The van der Waals surface area contributed by atoms with E-state index in [2.05, 4.69) is 36.2 Å². The van der Waals surface area contributed by atoms with Crippen LogP contribution in [0.4, 0.5) is 0 Å². The Morgan fingerprint density at radius 1 is 1.31 bits per heavy atom. The quantitative estimate of drug-likeness (QED) is 0.880. The predicted molar refractivity (Wildman–Crippen MR) is 68.6 cm³/mol. The Kier molecular flexibility index (Phi) is 3.70. The molecule has 0 fully saturated rings. The average molecular weight is 232 g/mol. The minimum Gasteiger partial charge on any atom is -0.324 e.